The minimum absolute atomic E-state index is 0.114. The van der Waals surface area contributed by atoms with Crippen LogP contribution in [-0.2, 0) is 4.74 Å². The van der Waals surface area contributed by atoms with E-state index in [1.807, 2.05) is 0 Å². The lowest BCUT2D eigenvalue weighted by Gasteiger charge is -2.20. The molecule has 18 heavy (non-hydrogen) atoms. The van der Waals surface area contributed by atoms with Crippen molar-refractivity contribution >= 4 is 5.82 Å². The Kier molecular flexibility index (Phi) is 3.05. The van der Waals surface area contributed by atoms with Crippen LogP contribution in [0.3, 0.4) is 0 Å². The van der Waals surface area contributed by atoms with Gasteiger partial charge in [0.2, 0.25) is 6.23 Å². The van der Waals surface area contributed by atoms with Gasteiger partial charge in [0.05, 0.1) is 6.61 Å². The maximum absolute atomic E-state index is 13.7. The number of hydrogen-bond donors (Lipinski definition) is 3. The van der Waals surface area contributed by atoms with E-state index >= 15 is 0 Å². The summed E-state index contributed by atoms with van der Waals surface area (Å²) in [5, 5.41) is 18.1. The number of aromatic nitrogens is 2. The minimum atomic E-state index is -3.71. The third-order valence-corrected chi connectivity index (χ3v) is 2.66. The van der Waals surface area contributed by atoms with Gasteiger partial charge in [-0.05, 0) is 6.07 Å². The molecule has 1 aliphatic heterocycles. The zero-order valence-corrected chi connectivity index (χ0v) is 9.03. The van der Waals surface area contributed by atoms with Gasteiger partial charge in [-0.2, -0.15) is 13.8 Å². The molecule has 4 N–H and O–H groups in total. The number of ether oxygens (including phenoxy) is 1. The first-order valence-electron chi connectivity index (χ1n) is 5.04. The molecule has 1 saturated heterocycles. The van der Waals surface area contributed by atoms with E-state index in [9.17, 15) is 18.7 Å². The zero-order chi connectivity index (χ0) is 13.5. The summed E-state index contributed by atoms with van der Waals surface area (Å²) in [5.41, 5.74) is 4.21. The summed E-state index contributed by atoms with van der Waals surface area (Å²) in [6.45, 7) is -0.787. The summed E-state index contributed by atoms with van der Waals surface area (Å²) < 4.78 is 32.7. The quantitative estimate of drug-likeness (QED) is 0.612. The fourth-order valence-corrected chi connectivity index (χ4v) is 1.72. The van der Waals surface area contributed by atoms with Gasteiger partial charge in [0.1, 0.15) is 11.9 Å². The molecule has 0 aromatic carbocycles. The molecule has 1 aromatic heterocycles. The zero-order valence-electron chi connectivity index (χ0n) is 9.03. The van der Waals surface area contributed by atoms with Gasteiger partial charge in [-0.3, -0.25) is 4.57 Å². The lowest BCUT2D eigenvalue weighted by atomic mass is 10.1. The van der Waals surface area contributed by atoms with E-state index in [1.165, 1.54) is 0 Å². The minimum Gasteiger partial charge on any atom is -0.394 e. The van der Waals surface area contributed by atoms with Gasteiger partial charge in [-0.25, -0.2) is 4.79 Å². The predicted molar refractivity (Wildman–Crippen MR) is 54.9 cm³/mol. The average Bonchev–Trinajstić information content (AvgIpc) is 2.52. The SMILES string of the molecule is Nc1ccn([C@H]2OC(CO)C(O)C2(F)F)c(=O)n1. The highest BCUT2D eigenvalue weighted by atomic mass is 19.3. The Hall–Kier alpha value is -1.58. The largest absolute Gasteiger partial charge is 0.394 e. The molecule has 0 saturated carbocycles. The molecule has 0 spiro atoms. The van der Waals surface area contributed by atoms with E-state index in [4.69, 9.17) is 15.6 Å². The fourth-order valence-electron chi connectivity index (χ4n) is 1.72. The molecule has 1 aliphatic rings. The third-order valence-electron chi connectivity index (χ3n) is 2.66. The van der Waals surface area contributed by atoms with Gasteiger partial charge in [0.25, 0.3) is 0 Å². The monoisotopic (exact) mass is 263 g/mol. The molecule has 0 aliphatic carbocycles. The number of hydrogen-bond acceptors (Lipinski definition) is 6. The molecule has 0 amide bonds. The second-order valence-electron chi connectivity index (χ2n) is 3.87. The van der Waals surface area contributed by atoms with Crippen molar-refractivity contribution in [1.29, 1.82) is 0 Å². The van der Waals surface area contributed by atoms with Crippen LogP contribution < -0.4 is 11.4 Å². The van der Waals surface area contributed by atoms with Crippen LogP contribution in [0.1, 0.15) is 6.23 Å². The van der Waals surface area contributed by atoms with E-state index in [2.05, 4.69) is 4.98 Å². The van der Waals surface area contributed by atoms with Crippen LogP contribution >= 0.6 is 0 Å². The molecule has 3 atom stereocenters. The van der Waals surface area contributed by atoms with Gasteiger partial charge in [0, 0.05) is 6.20 Å². The standard InChI is InChI=1S/C9H11F2N3O4/c10-9(11)6(16)4(3-15)18-7(9)14-2-1-5(12)13-8(14)17/h1-2,4,6-7,15-16H,3H2,(H2,12,13,17)/t4?,6?,7-/m0/s1. The van der Waals surface area contributed by atoms with Gasteiger partial charge in [0.15, 0.2) is 6.10 Å². The van der Waals surface area contributed by atoms with Crippen molar-refractivity contribution in [2.45, 2.75) is 24.4 Å². The smallest absolute Gasteiger partial charge is 0.351 e. The molecule has 0 bridgehead atoms. The Bertz CT molecular complexity index is 507. The van der Waals surface area contributed by atoms with E-state index < -0.39 is 36.7 Å². The van der Waals surface area contributed by atoms with E-state index in [0.29, 0.717) is 4.57 Å². The Balaban J connectivity index is 2.42. The van der Waals surface area contributed by atoms with Crippen molar-refractivity contribution in [2.75, 3.05) is 12.3 Å². The van der Waals surface area contributed by atoms with Crippen LogP contribution in [0.4, 0.5) is 14.6 Å². The van der Waals surface area contributed by atoms with E-state index in [-0.39, 0.29) is 5.82 Å². The van der Waals surface area contributed by atoms with Gasteiger partial charge in [-0.1, -0.05) is 0 Å². The number of anilines is 1. The number of aliphatic hydroxyl groups excluding tert-OH is 2. The molecule has 1 aromatic rings. The van der Waals surface area contributed by atoms with Crippen molar-refractivity contribution in [3.8, 4) is 0 Å². The first-order valence-corrected chi connectivity index (χ1v) is 5.04. The lowest BCUT2D eigenvalue weighted by Crippen LogP contribution is -2.41. The summed E-state index contributed by atoms with van der Waals surface area (Å²) in [6, 6.07) is 1.15. The molecular formula is C9H11F2N3O4. The molecule has 7 nitrogen and oxygen atoms in total. The number of halogens is 2. The lowest BCUT2D eigenvalue weighted by molar-refractivity contribution is -0.140. The van der Waals surface area contributed by atoms with Crippen molar-refractivity contribution in [2.24, 2.45) is 0 Å². The molecule has 2 heterocycles. The first kappa shape index (κ1) is 12.9. The van der Waals surface area contributed by atoms with Crippen molar-refractivity contribution in [1.82, 2.24) is 9.55 Å². The molecule has 9 heteroatoms. The van der Waals surface area contributed by atoms with Crippen molar-refractivity contribution in [3.05, 3.63) is 22.7 Å². The molecule has 1 fully saturated rings. The second-order valence-corrected chi connectivity index (χ2v) is 3.87. The highest BCUT2D eigenvalue weighted by Crippen LogP contribution is 2.41. The third kappa shape index (κ3) is 1.85. The second kappa shape index (κ2) is 4.26. The maximum Gasteiger partial charge on any atom is 0.351 e. The summed E-state index contributed by atoms with van der Waals surface area (Å²) in [6.07, 6.45) is -4.69. The predicted octanol–water partition coefficient (Wildman–Crippen LogP) is -1.29. The highest BCUT2D eigenvalue weighted by molar-refractivity contribution is 5.23. The number of alkyl halides is 2. The number of aliphatic hydroxyl groups is 2. The summed E-state index contributed by atoms with van der Waals surface area (Å²) >= 11 is 0. The van der Waals surface area contributed by atoms with E-state index in [1.54, 1.807) is 0 Å². The Morgan fingerprint density at radius 3 is 2.78 bits per heavy atom. The van der Waals surface area contributed by atoms with Crippen LogP contribution in [0.5, 0.6) is 0 Å². The fraction of sp³-hybridized carbons (Fsp3) is 0.556. The van der Waals surface area contributed by atoms with Crippen LogP contribution in [-0.4, -0.2) is 44.5 Å². The molecule has 2 unspecified atom stereocenters. The van der Waals surface area contributed by atoms with Gasteiger partial charge in [-0.15, -0.1) is 0 Å². The topological polar surface area (TPSA) is 111 Å². The van der Waals surface area contributed by atoms with Crippen LogP contribution in [0.15, 0.2) is 17.1 Å². The number of nitrogen functional groups attached to an aromatic ring is 1. The highest BCUT2D eigenvalue weighted by Gasteiger charge is 2.59. The normalized spacial score (nSPS) is 30.6. The van der Waals surface area contributed by atoms with Crippen molar-refractivity contribution in [3.63, 3.8) is 0 Å². The summed E-state index contributed by atoms with van der Waals surface area (Å²) in [5.74, 6) is -3.83. The molecule has 0 radical (unpaired) electrons. The van der Waals surface area contributed by atoms with Crippen LogP contribution in [0.2, 0.25) is 0 Å². The Morgan fingerprint density at radius 2 is 2.28 bits per heavy atom. The Labute approximate surface area is 99.4 Å². The summed E-state index contributed by atoms with van der Waals surface area (Å²) in [4.78, 5) is 14.7. The molecule has 2 rings (SSSR count). The van der Waals surface area contributed by atoms with Gasteiger partial charge >= 0.3 is 11.6 Å². The molecule has 100 valence electrons. The van der Waals surface area contributed by atoms with E-state index in [0.717, 1.165) is 12.3 Å². The first-order chi connectivity index (χ1) is 8.37. The average molecular weight is 263 g/mol. The van der Waals surface area contributed by atoms with Gasteiger partial charge < -0.3 is 20.7 Å². The van der Waals surface area contributed by atoms with Crippen molar-refractivity contribution < 1.29 is 23.7 Å². The number of rotatable bonds is 2. The van der Waals surface area contributed by atoms with Crippen LogP contribution in [0.25, 0.3) is 0 Å². The number of nitrogens with two attached hydrogens (primary N) is 1. The molecular weight excluding hydrogens is 252 g/mol. The number of nitrogens with zero attached hydrogens (tertiary/aromatic N) is 2. The Morgan fingerprint density at radius 1 is 1.61 bits per heavy atom. The maximum atomic E-state index is 13.7. The summed E-state index contributed by atoms with van der Waals surface area (Å²) in [7, 11) is 0. The van der Waals surface area contributed by atoms with Crippen LogP contribution in [0, 0.1) is 0 Å².